The molecule has 4 rings (SSSR count). The summed E-state index contributed by atoms with van der Waals surface area (Å²) in [5.41, 5.74) is 10.0. The number of nitriles is 1. The number of carboxylic acids is 1. The van der Waals surface area contributed by atoms with E-state index in [9.17, 15) is 10.1 Å². The fourth-order valence-corrected chi connectivity index (χ4v) is 3.46. The Balaban J connectivity index is 1.90. The number of aryl methyl sites for hydroxylation is 1. The standard InChI is InChI=1S/C22H18N4O4/c1-12-18-19(13-5-9-16(29-2)10-6-13)17(11-23)20(24)30-21(18)26(25-12)15-7-3-14(4-8-15)22(27)28/h3-10,20H,24H2,1-2H3,(H,27,28). The van der Waals surface area contributed by atoms with E-state index in [0.717, 1.165) is 5.56 Å². The van der Waals surface area contributed by atoms with Gasteiger partial charge in [0.1, 0.15) is 11.8 Å². The zero-order valence-electron chi connectivity index (χ0n) is 16.3. The molecule has 1 aliphatic rings. The van der Waals surface area contributed by atoms with Crippen LogP contribution in [0.2, 0.25) is 0 Å². The lowest BCUT2D eigenvalue weighted by molar-refractivity contribution is 0.0697. The molecule has 1 unspecified atom stereocenters. The molecule has 0 aliphatic carbocycles. The predicted molar refractivity (Wildman–Crippen MR) is 108 cm³/mol. The van der Waals surface area contributed by atoms with E-state index < -0.39 is 12.2 Å². The number of hydrogen-bond acceptors (Lipinski definition) is 6. The van der Waals surface area contributed by atoms with Gasteiger partial charge < -0.3 is 14.6 Å². The van der Waals surface area contributed by atoms with E-state index in [1.165, 1.54) is 12.1 Å². The van der Waals surface area contributed by atoms with E-state index in [1.807, 2.05) is 31.2 Å². The van der Waals surface area contributed by atoms with Crippen LogP contribution in [0.15, 0.2) is 54.1 Å². The normalized spacial score (nSPS) is 15.2. The summed E-state index contributed by atoms with van der Waals surface area (Å²) < 4.78 is 12.7. The van der Waals surface area contributed by atoms with E-state index in [-0.39, 0.29) is 5.56 Å². The third-order valence-electron chi connectivity index (χ3n) is 4.92. The quantitative estimate of drug-likeness (QED) is 0.688. The van der Waals surface area contributed by atoms with Gasteiger partial charge in [-0.25, -0.2) is 9.48 Å². The first-order valence-electron chi connectivity index (χ1n) is 9.09. The fourth-order valence-electron chi connectivity index (χ4n) is 3.46. The number of carbonyl (C=O) groups is 1. The highest BCUT2D eigenvalue weighted by molar-refractivity contribution is 5.90. The largest absolute Gasteiger partial charge is 0.497 e. The summed E-state index contributed by atoms with van der Waals surface area (Å²) >= 11 is 0. The molecule has 30 heavy (non-hydrogen) atoms. The van der Waals surface area contributed by atoms with Crippen molar-refractivity contribution < 1.29 is 19.4 Å². The van der Waals surface area contributed by atoms with Crippen LogP contribution in [0.25, 0.3) is 11.3 Å². The van der Waals surface area contributed by atoms with Crippen LogP contribution >= 0.6 is 0 Å². The summed E-state index contributed by atoms with van der Waals surface area (Å²) in [6, 6.07) is 15.7. The molecule has 8 nitrogen and oxygen atoms in total. The molecule has 8 heteroatoms. The second-order valence-corrected chi connectivity index (χ2v) is 6.70. The minimum absolute atomic E-state index is 0.166. The van der Waals surface area contributed by atoms with Crippen molar-refractivity contribution in [3.63, 3.8) is 0 Å². The minimum Gasteiger partial charge on any atom is -0.497 e. The molecule has 2 aromatic carbocycles. The lowest BCUT2D eigenvalue weighted by Gasteiger charge is -2.25. The van der Waals surface area contributed by atoms with Crippen LogP contribution in [0.4, 0.5) is 0 Å². The Bertz CT molecular complexity index is 1200. The number of carboxylic acid groups (broad SMARTS) is 1. The molecule has 1 aromatic heterocycles. The SMILES string of the molecule is COc1ccc(C2=C(C#N)C(N)Oc3c2c(C)nn3-c2ccc(C(=O)O)cc2)cc1. The smallest absolute Gasteiger partial charge is 0.335 e. The Labute approximate surface area is 172 Å². The van der Waals surface area contributed by atoms with Gasteiger partial charge in [0.15, 0.2) is 6.23 Å². The molecule has 1 atom stereocenters. The van der Waals surface area contributed by atoms with Gasteiger partial charge in [-0.1, -0.05) is 12.1 Å². The molecular formula is C22H18N4O4. The lowest BCUT2D eigenvalue weighted by Crippen LogP contribution is -2.33. The van der Waals surface area contributed by atoms with Crippen LogP contribution < -0.4 is 15.2 Å². The maximum absolute atomic E-state index is 11.1. The molecule has 1 aliphatic heterocycles. The highest BCUT2D eigenvalue weighted by Crippen LogP contribution is 2.42. The average Bonchev–Trinajstić information content (AvgIpc) is 3.08. The molecular weight excluding hydrogens is 384 g/mol. The van der Waals surface area contributed by atoms with Crippen molar-refractivity contribution in [1.82, 2.24) is 9.78 Å². The summed E-state index contributed by atoms with van der Waals surface area (Å²) in [7, 11) is 1.58. The van der Waals surface area contributed by atoms with Crippen molar-refractivity contribution in [3.8, 4) is 23.4 Å². The van der Waals surface area contributed by atoms with Crippen molar-refractivity contribution >= 4 is 11.5 Å². The summed E-state index contributed by atoms with van der Waals surface area (Å²) in [6.45, 7) is 1.82. The van der Waals surface area contributed by atoms with Gasteiger partial charge in [-0.3, -0.25) is 5.73 Å². The minimum atomic E-state index is -1.01. The molecule has 0 fully saturated rings. The summed E-state index contributed by atoms with van der Waals surface area (Å²) in [5.74, 6) is 0.0788. The van der Waals surface area contributed by atoms with E-state index in [1.54, 1.807) is 23.9 Å². The molecule has 2 heterocycles. The van der Waals surface area contributed by atoms with E-state index in [4.69, 9.17) is 20.3 Å². The zero-order valence-corrected chi connectivity index (χ0v) is 16.3. The number of methoxy groups -OCH3 is 1. The Morgan fingerprint density at radius 3 is 2.47 bits per heavy atom. The van der Waals surface area contributed by atoms with Gasteiger partial charge in [-0.2, -0.15) is 10.4 Å². The van der Waals surface area contributed by atoms with Crippen molar-refractivity contribution in [2.24, 2.45) is 5.73 Å². The van der Waals surface area contributed by atoms with E-state index in [0.29, 0.717) is 39.7 Å². The van der Waals surface area contributed by atoms with Crippen molar-refractivity contribution in [2.45, 2.75) is 13.2 Å². The molecule has 150 valence electrons. The summed E-state index contributed by atoms with van der Waals surface area (Å²) in [4.78, 5) is 11.1. The number of nitrogens with two attached hydrogens (primary N) is 1. The topological polar surface area (TPSA) is 123 Å². The van der Waals surface area contributed by atoms with Gasteiger partial charge in [0.05, 0.1) is 35.2 Å². The van der Waals surface area contributed by atoms with Crippen LogP contribution in [0.1, 0.15) is 27.2 Å². The van der Waals surface area contributed by atoms with E-state index in [2.05, 4.69) is 11.2 Å². The molecule has 0 bridgehead atoms. The molecule has 0 radical (unpaired) electrons. The average molecular weight is 402 g/mol. The summed E-state index contributed by atoms with van der Waals surface area (Å²) in [5, 5.41) is 23.4. The molecule has 3 N–H and O–H groups in total. The molecule has 0 spiro atoms. The lowest BCUT2D eigenvalue weighted by atomic mass is 9.91. The first-order valence-corrected chi connectivity index (χ1v) is 9.09. The van der Waals surface area contributed by atoms with Gasteiger partial charge in [-0.15, -0.1) is 0 Å². The number of fused-ring (bicyclic) bond motifs is 1. The van der Waals surface area contributed by atoms with Gasteiger partial charge >= 0.3 is 5.97 Å². The van der Waals surface area contributed by atoms with Crippen LogP contribution in [0, 0.1) is 18.3 Å². The first-order chi connectivity index (χ1) is 14.4. The van der Waals surface area contributed by atoms with Crippen LogP contribution in [-0.2, 0) is 0 Å². The zero-order chi connectivity index (χ0) is 21.4. The van der Waals surface area contributed by atoms with E-state index >= 15 is 0 Å². The highest BCUT2D eigenvalue weighted by atomic mass is 16.5. The first kappa shape index (κ1) is 19.2. The second-order valence-electron chi connectivity index (χ2n) is 6.70. The van der Waals surface area contributed by atoms with Gasteiger partial charge in [0.2, 0.25) is 5.88 Å². The number of benzene rings is 2. The van der Waals surface area contributed by atoms with Crippen molar-refractivity contribution in [1.29, 1.82) is 5.26 Å². The molecule has 3 aromatic rings. The Kier molecular flexibility index (Phi) is 4.74. The Hall–Kier alpha value is -4.09. The van der Waals surface area contributed by atoms with Crippen LogP contribution in [-0.4, -0.2) is 34.2 Å². The number of rotatable bonds is 4. The Morgan fingerprint density at radius 1 is 1.23 bits per heavy atom. The monoisotopic (exact) mass is 402 g/mol. The third kappa shape index (κ3) is 3.07. The van der Waals surface area contributed by atoms with Crippen molar-refractivity contribution in [3.05, 3.63) is 76.5 Å². The Morgan fingerprint density at radius 2 is 1.90 bits per heavy atom. The number of aromatic nitrogens is 2. The van der Waals surface area contributed by atoms with Crippen LogP contribution in [0.5, 0.6) is 11.6 Å². The van der Waals surface area contributed by atoms with Gasteiger partial charge in [-0.05, 0) is 48.9 Å². The molecule has 0 saturated carbocycles. The number of nitrogens with zero attached hydrogens (tertiary/aromatic N) is 3. The van der Waals surface area contributed by atoms with Gasteiger partial charge in [0, 0.05) is 5.57 Å². The molecule has 0 saturated heterocycles. The number of aromatic carboxylic acids is 1. The molecule has 0 amide bonds. The maximum atomic E-state index is 11.1. The van der Waals surface area contributed by atoms with Crippen LogP contribution in [0.3, 0.4) is 0 Å². The second kappa shape index (κ2) is 7.39. The summed E-state index contributed by atoms with van der Waals surface area (Å²) in [6.07, 6.45) is -0.965. The predicted octanol–water partition coefficient (Wildman–Crippen LogP) is 2.89. The highest BCUT2D eigenvalue weighted by Gasteiger charge is 2.33. The van der Waals surface area contributed by atoms with Crippen molar-refractivity contribution in [2.75, 3.05) is 7.11 Å². The fraction of sp³-hybridized carbons (Fsp3) is 0.136. The maximum Gasteiger partial charge on any atom is 0.335 e. The third-order valence-corrected chi connectivity index (χ3v) is 4.92. The number of ether oxygens (including phenoxy) is 2. The number of hydrogen-bond donors (Lipinski definition) is 2. The van der Waals surface area contributed by atoms with Gasteiger partial charge in [0.25, 0.3) is 0 Å².